The number of fused-ring (bicyclic) bond motifs is 1. The summed E-state index contributed by atoms with van der Waals surface area (Å²) in [5.41, 5.74) is 2.98. The molecule has 0 aliphatic carbocycles. The van der Waals surface area contributed by atoms with Gasteiger partial charge in [0.15, 0.2) is 5.00 Å². The Morgan fingerprint density at radius 2 is 1.62 bits per heavy atom. The maximum Gasteiger partial charge on any atom is 0.269 e. The van der Waals surface area contributed by atoms with E-state index in [4.69, 9.17) is 23.2 Å². The van der Waals surface area contributed by atoms with E-state index >= 15 is 0 Å². The van der Waals surface area contributed by atoms with Crippen LogP contribution in [0.1, 0.15) is 27.0 Å². The van der Waals surface area contributed by atoms with Crippen molar-refractivity contribution in [2.45, 2.75) is 11.4 Å². The summed E-state index contributed by atoms with van der Waals surface area (Å²) in [4.78, 5) is 24.1. The predicted octanol–water partition coefficient (Wildman–Crippen LogP) is 5.39. The van der Waals surface area contributed by atoms with Gasteiger partial charge in [0, 0.05) is 34.8 Å². The van der Waals surface area contributed by atoms with Crippen molar-refractivity contribution >= 4 is 34.8 Å². The minimum atomic E-state index is -1.14. The number of nitro groups is 1. The van der Waals surface area contributed by atoms with Gasteiger partial charge in [-0.1, -0.05) is 65.7 Å². The molecule has 0 N–H and O–H groups in total. The third-order valence-corrected chi connectivity index (χ3v) is 6.01. The molecule has 0 spiro atoms. The normalized spacial score (nSPS) is 18.0. The first kappa shape index (κ1) is 19.4. The molecule has 1 atom stereocenters. The lowest BCUT2D eigenvalue weighted by atomic mass is 9.97. The van der Waals surface area contributed by atoms with Crippen molar-refractivity contribution in [3.05, 3.63) is 110 Å². The SMILES string of the molecule is O=C1c2ccccc2C(Cl)(c2ccc(Cl)cc2)N1CCc1ccc([N+](=O)[O-])cc1. The molecule has 5 nitrogen and oxygen atoms in total. The molecule has 3 aromatic rings. The Bertz CT molecular complexity index is 1080. The second kappa shape index (κ2) is 7.50. The Kier molecular flexibility index (Phi) is 5.03. The first-order chi connectivity index (χ1) is 13.9. The lowest BCUT2D eigenvalue weighted by Gasteiger charge is -2.34. The number of hydrogen-bond donors (Lipinski definition) is 0. The van der Waals surface area contributed by atoms with Gasteiger partial charge in [-0.05, 0) is 35.7 Å². The van der Waals surface area contributed by atoms with E-state index in [9.17, 15) is 14.9 Å². The molecule has 1 aliphatic heterocycles. The third kappa shape index (κ3) is 3.37. The number of benzene rings is 3. The van der Waals surface area contributed by atoms with Gasteiger partial charge in [-0.2, -0.15) is 0 Å². The van der Waals surface area contributed by atoms with E-state index in [2.05, 4.69) is 0 Å². The van der Waals surface area contributed by atoms with Gasteiger partial charge >= 0.3 is 0 Å². The second-order valence-corrected chi connectivity index (χ2v) is 7.79. The molecular weight excluding hydrogens is 411 g/mol. The van der Waals surface area contributed by atoms with Crippen LogP contribution >= 0.6 is 23.2 Å². The molecule has 146 valence electrons. The highest BCUT2D eigenvalue weighted by Gasteiger charge is 2.49. The maximum absolute atomic E-state index is 13.1. The van der Waals surface area contributed by atoms with E-state index in [1.54, 1.807) is 35.2 Å². The first-order valence-corrected chi connectivity index (χ1v) is 9.76. The minimum absolute atomic E-state index is 0.0336. The molecule has 4 rings (SSSR count). The molecule has 1 aliphatic rings. The molecule has 0 radical (unpaired) electrons. The molecule has 0 fully saturated rings. The molecule has 0 saturated carbocycles. The minimum Gasteiger partial charge on any atom is -0.311 e. The number of halogens is 2. The van der Waals surface area contributed by atoms with Crippen LogP contribution in [0.4, 0.5) is 5.69 Å². The summed E-state index contributed by atoms with van der Waals surface area (Å²) in [5.74, 6) is -0.146. The Hall–Kier alpha value is -2.89. The Balaban J connectivity index is 1.68. The second-order valence-electron chi connectivity index (χ2n) is 6.80. The molecule has 0 saturated heterocycles. The molecule has 1 heterocycles. The molecule has 7 heteroatoms. The van der Waals surface area contributed by atoms with Crippen molar-refractivity contribution in [3.63, 3.8) is 0 Å². The fraction of sp³-hybridized carbons (Fsp3) is 0.136. The molecule has 0 aromatic heterocycles. The number of alkyl halides is 1. The van der Waals surface area contributed by atoms with Crippen LogP contribution in [-0.2, 0) is 11.4 Å². The summed E-state index contributed by atoms with van der Waals surface area (Å²) in [6.07, 6.45) is 0.514. The predicted molar refractivity (Wildman–Crippen MR) is 112 cm³/mol. The lowest BCUT2D eigenvalue weighted by molar-refractivity contribution is -0.384. The van der Waals surface area contributed by atoms with Crippen molar-refractivity contribution < 1.29 is 9.72 Å². The van der Waals surface area contributed by atoms with Crippen molar-refractivity contribution in [1.29, 1.82) is 0 Å². The summed E-state index contributed by atoms with van der Waals surface area (Å²) in [5, 5.41) is 11.4. The van der Waals surface area contributed by atoms with Gasteiger partial charge in [-0.3, -0.25) is 14.9 Å². The fourth-order valence-corrected chi connectivity index (χ4v) is 4.23. The quantitative estimate of drug-likeness (QED) is 0.238. The van der Waals surface area contributed by atoms with Crippen molar-refractivity contribution in [1.82, 2.24) is 4.90 Å². The summed E-state index contributed by atoms with van der Waals surface area (Å²) in [6.45, 7) is 0.359. The number of carbonyl (C=O) groups excluding carboxylic acids is 1. The molecule has 3 aromatic carbocycles. The third-order valence-electron chi connectivity index (χ3n) is 5.13. The van der Waals surface area contributed by atoms with E-state index in [1.165, 1.54) is 12.1 Å². The van der Waals surface area contributed by atoms with Crippen LogP contribution in [0, 0.1) is 10.1 Å². The van der Waals surface area contributed by atoms with Gasteiger partial charge in [0.25, 0.3) is 11.6 Å². The highest BCUT2D eigenvalue weighted by molar-refractivity contribution is 6.31. The van der Waals surface area contributed by atoms with Crippen LogP contribution in [0.15, 0.2) is 72.8 Å². The largest absolute Gasteiger partial charge is 0.311 e. The van der Waals surface area contributed by atoms with Gasteiger partial charge in [-0.15, -0.1) is 0 Å². The molecule has 29 heavy (non-hydrogen) atoms. The van der Waals surface area contributed by atoms with Gasteiger partial charge in [0.1, 0.15) is 0 Å². The number of nitrogens with zero attached hydrogens (tertiary/aromatic N) is 2. The van der Waals surface area contributed by atoms with Gasteiger partial charge < -0.3 is 4.90 Å². The molecular formula is C22H16Cl2N2O3. The standard InChI is InChI=1S/C22H16Cl2N2O3/c23-17-9-7-16(8-10-17)22(24)20-4-2-1-3-19(20)21(27)25(22)14-13-15-5-11-18(12-6-15)26(28)29/h1-12H,13-14H2. The highest BCUT2D eigenvalue weighted by Crippen LogP contribution is 2.47. The monoisotopic (exact) mass is 426 g/mol. The number of non-ortho nitro benzene ring substituents is 1. The van der Waals surface area contributed by atoms with Crippen molar-refractivity contribution in [2.24, 2.45) is 0 Å². The summed E-state index contributed by atoms with van der Waals surface area (Å²) in [7, 11) is 0. The Morgan fingerprint density at radius 3 is 2.28 bits per heavy atom. The van der Waals surface area contributed by atoms with Crippen LogP contribution in [0.3, 0.4) is 0 Å². The highest BCUT2D eigenvalue weighted by atomic mass is 35.5. The number of hydrogen-bond acceptors (Lipinski definition) is 3. The maximum atomic E-state index is 13.1. The average molecular weight is 427 g/mol. The topological polar surface area (TPSA) is 63.5 Å². The molecule has 0 bridgehead atoms. The van der Waals surface area contributed by atoms with Crippen LogP contribution in [-0.4, -0.2) is 22.3 Å². The number of carbonyl (C=O) groups is 1. The van der Waals surface area contributed by atoms with Gasteiger partial charge in [0.05, 0.1) is 4.92 Å². The number of amides is 1. The van der Waals surface area contributed by atoms with Gasteiger partial charge in [0.2, 0.25) is 0 Å². The zero-order chi connectivity index (χ0) is 20.6. The van der Waals surface area contributed by atoms with E-state index in [-0.39, 0.29) is 11.6 Å². The number of rotatable bonds is 5. The zero-order valence-corrected chi connectivity index (χ0v) is 16.7. The molecule has 1 unspecified atom stereocenters. The summed E-state index contributed by atoms with van der Waals surface area (Å²) in [6, 6.07) is 20.8. The Morgan fingerprint density at radius 1 is 0.966 bits per heavy atom. The van der Waals surface area contributed by atoms with Crippen LogP contribution < -0.4 is 0 Å². The van der Waals surface area contributed by atoms with E-state index < -0.39 is 9.92 Å². The average Bonchev–Trinajstić information content (AvgIpc) is 2.95. The first-order valence-electron chi connectivity index (χ1n) is 9.01. The van der Waals surface area contributed by atoms with Crippen molar-refractivity contribution in [2.75, 3.05) is 6.54 Å². The zero-order valence-electron chi connectivity index (χ0n) is 15.2. The number of nitro benzene ring substituents is 1. The van der Waals surface area contributed by atoms with Crippen molar-refractivity contribution in [3.8, 4) is 0 Å². The van der Waals surface area contributed by atoms with Crippen LogP contribution in [0.25, 0.3) is 0 Å². The molecule has 1 amide bonds. The smallest absolute Gasteiger partial charge is 0.269 e. The summed E-state index contributed by atoms with van der Waals surface area (Å²) >= 11 is 13.2. The van der Waals surface area contributed by atoms with E-state index in [0.717, 1.165) is 16.7 Å². The van der Waals surface area contributed by atoms with E-state index in [0.29, 0.717) is 23.6 Å². The van der Waals surface area contributed by atoms with Crippen LogP contribution in [0.2, 0.25) is 5.02 Å². The lowest BCUT2D eigenvalue weighted by Crippen LogP contribution is -2.41. The Labute approximate surface area is 177 Å². The summed E-state index contributed by atoms with van der Waals surface area (Å²) < 4.78 is 0. The van der Waals surface area contributed by atoms with E-state index in [1.807, 2.05) is 30.3 Å². The van der Waals surface area contributed by atoms with Gasteiger partial charge in [-0.25, -0.2) is 0 Å². The van der Waals surface area contributed by atoms with Crippen LogP contribution in [0.5, 0.6) is 0 Å². The fourth-order valence-electron chi connectivity index (χ4n) is 3.65.